The van der Waals surface area contributed by atoms with Crippen molar-refractivity contribution in [1.82, 2.24) is 29.7 Å². The lowest BCUT2D eigenvalue weighted by molar-refractivity contribution is -0.120. The number of aryl methyl sites for hydroxylation is 1. The number of nitrogens with zero attached hydrogens (tertiary/aromatic N) is 6. The van der Waals surface area contributed by atoms with Crippen LogP contribution in [0.25, 0.3) is 5.95 Å². The maximum absolute atomic E-state index is 13.6. The van der Waals surface area contributed by atoms with Crippen molar-refractivity contribution in [3.05, 3.63) is 59.3 Å². The Kier molecular flexibility index (Phi) is 7.22. The molecular formula is C23H28ClN7O2. The van der Waals surface area contributed by atoms with E-state index in [9.17, 15) is 4.79 Å². The number of likely N-dealkylation sites (N-methyl/N-ethyl adjacent to an activating group) is 1. The minimum absolute atomic E-state index is 0.0165. The predicted molar refractivity (Wildman–Crippen MR) is 127 cm³/mol. The number of rotatable bonds is 7. The lowest BCUT2D eigenvalue weighted by atomic mass is 10.1. The number of carbonyl (C=O) groups excluding carboxylic acids is 1. The topological polar surface area (TPSA) is 88.4 Å². The number of hydrogen-bond donors (Lipinski definition) is 1. The fraction of sp³-hybridized carbons (Fsp3) is 0.391. The van der Waals surface area contributed by atoms with Crippen molar-refractivity contribution in [2.45, 2.75) is 25.9 Å². The minimum Gasteiger partial charge on any atom is -0.495 e. The van der Waals surface area contributed by atoms with E-state index in [1.807, 2.05) is 25.1 Å². The number of piperazine rings is 1. The molecule has 3 heterocycles. The molecule has 1 saturated heterocycles. The Morgan fingerprint density at radius 1 is 1.33 bits per heavy atom. The van der Waals surface area contributed by atoms with E-state index >= 15 is 0 Å². The summed E-state index contributed by atoms with van der Waals surface area (Å²) in [5, 5.41) is 3.87. The number of amides is 1. The Hall–Kier alpha value is -3.01. The zero-order chi connectivity index (χ0) is 23.4. The van der Waals surface area contributed by atoms with Gasteiger partial charge < -0.3 is 15.0 Å². The molecule has 4 rings (SSSR count). The van der Waals surface area contributed by atoms with E-state index in [0.717, 1.165) is 30.9 Å². The minimum atomic E-state index is -0.0165. The van der Waals surface area contributed by atoms with Crippen molar-refractivity contribution >= 4 is 23.3 Å². The third-order valence-electron chi connectivity index (χ3n) is 5.75. The third-order valence-corrected chi connectivity index (χ3v) is 6.05. The van der Waals surface area contributed by atoms with Crippen molar-refractivity contribution in [3.63, 3.8) is 0 Å². The quantitative estimate of drug-likeness (QED) is 0.568. The summed E-state index contributed by atoms with van der Waals surface area (Å²) in [6, 6.07) is 7.47. The highest BCUT2D eigenvalue weighted by atomic mass is 35.5. The number of imidazole rings is 1. The Balaban J connectivity index is 1.68. The molecule has 0 spiro atoms. The van der Waals surface area contributed by atoms with Crippen LogP contribution in [0.4, 0.5) is 5.82 Å². The molecule has 10 heteroatoms. The summed E-state index contributed by atoms with van der Waals surface area (Å²) >= 11 is 6.35. The maximum atomic E-state index is 13.6. The van der Waals surface area contributed by atoms with Crippen molar-refractivity contribution in [2.24, 2.45) is 0 Å². The van der Waals surface area contributed by atoms with Gasteiger partial charge in [0, 0.05) is 56.3 Å². The highest BCUT2D eigenvalue weighted by molar-refractivity contribution is 6.32. The van der Waals surface area contributed by atoms with Gasteiger partial charge in [0.1, 0.15) is 17.9 Å². The molecule has 0 saturated carbocycles. The van der Waals surface area contributed by atoms with E-state index in [-0.39, 0.29) is 11.9 Å². The van der Waals surface area contributed by atoms with Gasteiger partial charge in [-0.1, -0.05) is 17.7 Å². The van der Waals surface area contributed by atoms with E-state index in [1.54, 1.807) is 41.4 Å². The van der Waals surface area contributed by atoms with E-state index in [2.05, 4.69) is 27.2 Å². The average Bonchev–Trinajstić information content (AvgIpc) is 3.34. The molecule has 1 fully saturated rings. The van der Waals surface area contributed by atoms with Crippen LogP contribution in [-0.4, -0.2) is 70.2 Å². The van der Waals surface area contributed by atoms with Crippen LogP contribution in [0, 0.1) is 6.92 Å². The number of ether oxygens (including phenoxy) is 1. The first kappa shape index (κ1) is 23.2. The van der Waals surface area contributed by atoms with Crippen molar-refractivity contribution < 1.29 is 9.53 Å². The summed E-state index contributed by atoms with van der Waals surface area (Å²) in [6.45, 7) is 4.81. The smallest absolute Gasteiger partial charge is 0.237 e. The molecular weight excluding hydrogens is 442 g/mol. The van der Waals surface area contributed by atoms with Gasteiger partial charge in [-0.25, -0.2) is 9.97 Å². The zero-order valence-electron chi connectivity index (χ0n) is 19.0. The van der Waals surface area contributed by atoms with Crippen molar-refractivity contribution in [1.29, 1.82) is 0 Å². The molecule has 0 bridgehead atoms. The van der Waals surface area contributed by atoms with Gasteiger partial charge in [0.2, 0.25) is 11.9 Å². The number of methoxy groups -OCH3 is 1. The fourth-order valence-electron chi connectivity index (χ4n) is 3.86. The van der Waals surface area contributed by atoms with Crippen molar-refractivity contribution in [3.8, 4) is 11.7 Å². The van der Waals surface area contributed by atoms with Crippen LogP contribution >= 0.6 is 11.6 Å². The first-order chi connectivity index (χ1) is 15.9. The predicted octanol–water partition coefficient (Wildman–Crippen LogP) is 2.46. The summed E-state index contributed by atoms with van der Waals surface area (Å²) in [4.78, 5) is 30.8. The molecule has 1 N–H and O–H groups in total. The second kappa shape index (κ2) is 10.3. The lowest BCUT2D eigenvalue weighted by Crippen LogP contribution is -2.51. The molecule has 0 aliphatic carbocycles. The maximum Gasteiger partial charge on any atom is 0.237 e. The zero-order valence-corrected chi connectivity index (χ0v) is 19.8. The molecule has 1 aromatic carbocycles. The first-order valence-electron chi connectivity index (χ1n) is 10.8. The average molecular weight is 470 g/mol. The highest BCUT2D eigenvalue weighted by Gasteiger charge is 2.26. The van der Waals surface area contributed by atoms with Gasteiger partial charge in [-0.05, 0) is 31.7 Å². The number of aromatic nitrogens is 4. The molecule has 1 atom stereocenters. The van der Waals surface area contributed by atoms with Crippen molar-refractivity contribution in [2.75, 3.05) is 38.7 Å². The van der Waals surface area contributed by atoms with E-state index in [0.29, 0.717) is 35.5 Å². The number of hydrogen-bond acceptors (Lipinski definition) is 7. The molecule has 1 aliphatic rings. The highest BCUT2D eigenvalue weighted by Crippen LogP contribution is 2.27. The fourth-order valence-corrected chi connectivity index (χ4v) is 4.14. The van der Waals surface area contributed by atoms with Gasteiger partial charge in [-0.3, -0.25) is 14.3 Å². The van der Waals surface area contributed by atoms with Crippen LogP contribution in [0.2, 0.25) is 5.02 Å². The van der Waals surface area contributed by atoms with Gasteiger partial charge in [-0.2, -0.15) is 4.98 Å². The Labute approximate surface area is 198 Å². The second-order valence-electron chi connectivity index (χ2n) is 8.13. The summed E-state index contributed by atoms with van der Waals surface area (Å²) in [7, 11) is 3.63. The van der Waals surface area contributed by atoms with Gasteiger partial charge in [0.25, 0.3) is 0 Å². The summed E-state index contributed by atoms with van der Waals surface area (Å²) < 4.78 is 6.99. The van der Waals surface area contributed by atoms with E-state index in [1.165, 1.54) is 0 Å². The molecule has 1 unspecified atom stereocenters. The molecule has 1 aliphatic heterocycles. The number of halogens is 1. The Morgan fingerprint density at radius 2 is 2.18 bits per heavy atom. The second-order valence-corrected chi connectivity index (χ2v) is 8.54. The van der Waals surface area contributed by atoms with Crippen LogP contribution in [0.5, 0.6) is 5.75 Å². The standard InChI is InChI=1S/C23H28ClN7O2/c1-16-10-21(28-23(27-16)30-9-7-26-15-30)31(14-17-4-5-20(33-3)19(24)11-17)22(32)12-18-13-25-6-8-29(18)2/h4-5,7,9-11,15,18,25H,6,8,12-14H2,1-3H3. The van der Waals surface area contributed by atoms with Gasteiger partial charge in [-0.15, -0.1) is 0 Å². The van der Waals surface area contributed by atoms with Gasteiger partial charge in [0.15, 0.2) is 0 Å². The van der Waals surface area contributed by atoms with Gasteiger partial charge >= 0.3 is 0 Å². The Morgan fingerprint density at radius 3 is 2.88 bits per heavy atom. The Bertz CT molecular complexity index is 1110. The summed E-state index contributed by atoms with van der Waals surface area (Å²) in [5.41, 5.74) is 1.63. The third kappa shape index (κ3) is 5.50. The molecule has 174 valence electrons. The lowest BCUT2D eigenvalue weighted by Gasteiger charge is -2.34. The number of benzene rings is 1. The van der Waals surface area contributed by atoms with Crippen LogP contribution < -0.4 is 15.0 Å². The van der Waals surface area contributed by atoms with Crippen LogP contribution in [0.1, 0.15) is 17.7 Å². The SMILES string of the molecule is COc1ccc(CN(C(=O)CC2CNCCN2C)c2cc(C)nc(-n3ccnc3)n2)cc1Cl. The number of anilines is 1. The van der Waals surface area contributed by atoms with Crippen LogP contribution in [-0.2, 0) is 11.3 Å². The molecule has 2 aromatic heterocycles. The van der Waals surface area contributed by atoms with Crippen LogP contribution in [0.15, 0.2) is 43.0 Å². The normalized spacial score (nSPS) is 16.5. The van der Waals surface area contributed by atoms with Crippen LogP contribution in [0.3, 0.4) is 0 Å². The summed E-state index contributed by atoms with van der Waals surface area (Å²) in [6.07, 6.45) is 5.45. The molecule has 3 aromatic rings. The van der Waals surface area contributed by atoms with Gasteiger partial charge in [0.05, 0.1) is 18.7 Å². The molecule has 9 nitrogen and oxygen atoms in total. The first-order valence-corrected chi connectivity index (χ1v) is 11.2. The van der Waals surface area contributed by atoms with E-state index < -0.39 is 0 Å². The number of nitrogens with one attached hydrogen (secondary N) is 1. The summed E-state index contributed by atoms with van der Waals surface area (Å²) in [5.74, 6) is 1.57. The molecule has 1 amide bonds. The van der Waals surface area contributed by atoms with E-state index in [4.69, 9.17) is 21.3 Å². The molecule has 0 radical (unpaired) electrons. The molecule has 33 heavy (non-hydrogen) atoms. The number of carbonyl (C=O) groups is 1. The largest absolute Gasteiger partial charge is 0.495 e. The monoisotopic (exact) mass is 469 g/mol.